The summed E-state index contributed by atoms with van der Waals surface area (Å²) >= 11 is 7.17. The highest BCUT2D eigenvalue weighted by atomic mass is 35.5. The van der Waals surface area contributed by atoms with Crippen LogP contribution >= 0.6 is 22.9 Å². The fourth-order valence-corrected chi connectivity index (χ4v) is 3.25. The number of carbonyl (C=O) groups excluding carboxylic acids is 1. The lowest BCUT2D eigenvalue weighted by molar-refractivity contribution is -0.0495. The largest absolute Gasteiger partial charge is 0.487 e. The van der Waals surface area contributed by atoms with Gasteiger partial charge in [-0.3, -0.25) is 4.79 Å². The summed E-state index contributed by atoms with van der Waals surface area (Å²) in [6, 6.07) is 11.6. The number of alkyl halides is 2. The van der Waals surface area contributed by atoms with Gasteiger partial charge in [0.25, 0.3) is 5.91 Å². The first-order chi connectivity index (χ1) is 13.4. The molecular weight excluding hydrogens is 415 g/mol. The van der Waals surface area contributed by atoms with Crippen LogP contribution in [-0.2, 0) is 6.61 Å². The zero-order valence-corrected chi connectivity index (χ0v) is 15.7. The summed E-state index contributed by atoms with van der Waals surface area (Å²) in [7, 11) is 0. The first-order valence-corrected chi connectivity index (χ1v) is 9.18. The van der Waals surface area contributed by atoms with E-state index in [0.717, 1.165) is 35.1 Å². The van der Waals surface area contributed by atoms with Crippen LogP contribution in [0, 0.1) is 5.82 Å². The number of amides is 1. The third kappa shape index (κ3) is 5.17. The number of halogens is 4. The first kappa shape index (κ1) is 20.0. The maximum Gasteiger partial charge on any atom is 0.387 e. The molecule has 0 unspecified atom stereocenters. The quantitative estimate of drug-likeness (QED) is 0.505. The molecule has 146 valence electrons. The molecular formula is C19H13ClF3NO3S. The van der Waals surface area contributed by atoms with Gasteiger partial charge in [-0.25, -0.2) is 4.39 Å². The van der Waals surface area contributed by atoms with Gasteiger partial charge < -0.3 is 14.8 Å². The van der Waals surface area contributed by atoms with E-state index in [1.807, 2.05) is 0 Å². The van der Waals surface area contributed by atoms with Crippen molar-refractivity contribution < 1.29 is 27.4 Å². The Morgan fingerprint density at radius 3 is 2.68 bits per heavy atom. The lowest BCUT2D eigenvalue weighted by atomic mass is 10.2. The fraction of sp³-hybridized carbons (Fsp3) is 0.105. The molecule has 0 bridgehead atoms. The smallest absolute Gasteiger partial charge is 0.387 e. The predicted molar refractivity (Wildman–Crippen MR) is 101 cm³/mol. The van der Waals surface area contributed by atoms with Crippen LogP contribution in [0.3, 0.4) is 0 Å². The maximum absolute atomic E-state index is 13.3. The summed E-state index contributed by atoms with van der Waals surface area (Å²) in [5, 5.41) is 4.64. The molecule has 3 rings (SSSR count). The van der Waals surface area contributed by atoms with Crippen molar-refractivity contribution in [3.8, 4) is 11.5 Å². The average molecular weight is 428 g/mol. The molecule has 9 heteroatoms. The van der Waals surface area contributed by atoms with Crippen molar-refractivity contribution in [3.63, 3.8) is 0 Å². The first-order valence-electron chi connectivity index (χ1n) is 7.93. The molecule has 0 saturated heterocycles. The van der Waals surface area contributed by atoms with Crippen molar-refractivity contribution in [3.05, 3.63) is 75.2 Å². The van der Waals surface area contributed by atoms with Crippen molar-refractivity contribution >= 4 is 34.5 Å². The molecule has 0 aliphatic heterocycles. The zero-order valence-electron chi connectivity index (χ0n) is 14.1. The van der Waals surface area contributed by atoms with Crippen LogP contribution in [-0.4, -0.2) is 12.5 Å². The molecule has 28 heavy (non-hydrogen) atoms. The topological polar surface area (TPSA) is 47.6 Å². The third-order valence-corrected chi connectivity index (χ3v) is 4.81. The standard InChI is InChI=1S/C19H13ClF3NO3S/c20-13-3-1-2-4-15(13)26-9-11-7-17(28-10-11)18(25)24-14-6-5-12(21)8-16(14)27-19(22)23/h1-8,10,19H,9H2,(H,24,25). The number of anilines is 1. The maximum atomic E-state index is 13.3. The molecule has 0 saturated carbocycles. The minimum atomic E-state index is -3.15. The average Bonchev–Trinajstić information content (AvgIpc) is 3.12. The summed E-state index contributed by atoms with van der Waals surface area (Å²) < 4.78 is 48.1. The Kier molecular flexibility index (Phi) is 6.43. The summed E-state index contributed by atoms with van der Waals surface area (Å²) in [6.07, 6.45) is 0. The highest BCUT2D eigenvalue weighted by molar-refractivity contribution is 7.12. The molecule has 0 fully saturated rings. The number of thiophene rings is 1. The van der Waals surface area contributed by atoms with E-state index in [4.69, 9.17) is 16.3 Å². The van der Waals surface area contributed by atoms with Crippen LogP contribution in [0.2, 0.25) is 5.02 Å². The molecule has 0 atom stereocenters. The minimum absolute atomic E-state index is 0.0611. The van der Waals surface area contributed by atoms with Crippen LogP contribution in [0.25, 0.3) is 0 Å². The second-order valence-corrected chi connectivity index (χ2v) is 6.83. The van der Waals surface area contributed by atoms with Crippen molar-refractivity contribution in [1.82, 2.24) is 0 Å². The van der Waals surface area contributed by atoms with E-state index in [1.54, 1.807) is 35.7 Å². The van der Waals surface area contributed by atoms with E-state index in [0.29, 0.717) is 15.6 Å². The molecule has 3 aromatic rings. The molecule has 1 amide bonds. The Morgan fingerprint density at radius 2 is 1.93 bits per heavy atom. The van der Waals surface area contributed by atoms with E-state index < -0.39 is 24.1 Å². The third-order valence-electron chi connectivity index (χ3n) is 3.52. The van der Waals surface area contributed by atoms with Gasteiger partial charge in [-0.15, -0.1) is 11.3 Å². The normalized spacial score (nSPS) is 10.8. The van der Waals surface area contributed by atoms with Crippen molar-refractivity contribution in [2.75, 3.05) is 5.32 Å². The second kappa shape index (κ2) is 8.99. The number of nitrogens with one attached hydrogen (secondary N) is 1. The van der Waals surface area contributed by atoms with Gasteiger partial charge in [0.15, 0.2) is 5.75 Å². The summed E-state index contributed by atoms with van der Waals surface area (Å²) in [6.45, 7) is -2.95. The molecule has 1 aromatic heterocycles. The van der Waals surface area contributed by atoms with E-state index >= 15 is 0 Å². The Labute approximate surface area is 167 Å². The van der Waals surface area contributed by atoms with E-state index in [9.17, 15) is 18.0 Å². The Balaban J connectivity index is 1.67. The molecule has 1 N–H and O–H groups in total. The van der Waals surface area contributed by atoms with E-state index in [-0.39, 0.29) is 12.3 Å². The SMILES string of the molecule is O=C(Nc1ccc(F)cc1OC(F)F)c1cc(COc2ccccc2Cl)cs1. The van der Waals surface area contributed by atoms with Crippen LogP contribution in [0.15, 0.2) is 53.9 Å². The number of hydrogen-bond acceptors (Lipinski definition) is 4. The number of hydrogen-bond donors (Lipinski definition) is 1. The molecule has 0 aliphatic carbocycles. The van der Waals surface area contributed by atoms with Gasteiger partial charge in [0.05, 0.1) is 15.6 Å². The fourth-order valence-electron chi connectivity index (χ4n) is 2.27. The summed E-state index contributed by atoms with van der Waals surface area (Å²) in [5.74, 6) is -1.24. The van der Waals surface area contributed by atoms with E-state index in [1.165, 1.54) is 0 Å². The Hall–Kier alpha value is -2.71. The number of carbonyl (C=O) groups is 1. The summed E-state index contributed by atoms with van der Waals surface area (Å²) in [4.78, 5) is 12.7. The molecule has 4 nitrogen and oxygen atoms in total. The van der Waals surface area contributed by atoms with Gasteiger partial charge >= 0.3 is 6.61 Å². The Morgan fingerprint density at radius 1 is 1.14 bits per heavy atom. The van der Waals surface area contributed by atoms with Crippen LogP contribution < -0.4 is 14.8 Å². The number of benzene rings is 2. The zero-order chi connectivity index (χ0) is 20.1. The number of ether oxygens (including phenoxy) is 2. The van der Waals surface area contributed by atoms with Gasteiger partial charge in [-0.05, 0) is 35.7 Å². The molecule has 0 radical (unpaired) electrons. The van der Waals surface area contributed by atoms with Gasteiger partial charge in [0.1, 0.15) is 18.2 Å². The van der Waals surface area contributed by atoms with Crippen LogP contribution in [0.5, 0.6) is 11.5 Å². The monoisotopic (exact) mass is 427 g/mol. The van der Waals surface area contributed by atoms with Crippen molar-refractivity contribution in [2.24, 2.45) is 0 Å². The van der Waals surface area contributed by atoms with Gasteiger partial charge in [0.2, 0.25) is 0 Å². The van der Waals surface area contributed by atoms with Crippen LogP contribution in [0.1, 0.15) is 15.2 Å². The number of rotatable bonds is 7. The lowest BCUT2D eigenvalue weighted by Gasteiger charge is -2.11. The summed E-state index contributed by atoms with van der Waals surface area (Å²) in [5.41, 5.74) is 0.673. The highest BCUT2D eigenvalue weighted by Crippen LogP contribution is 2.29. The minimum Gasteiger partial charge on any atom is -0.487 e. The predicted octanol–water partition coefficient (Wildman–Crippen LogP) is 5.97. The Bertz CT molecular complexity index is 981. The molecule has 2 aromatic carbocycles. The van der Waals surface area contributed by atoms with Gasteiger partial charge in [0, 0.05) is 11.6 Å². The van der Waals surface area contributed by atoms with E-state index in [2.05, 4.69) is 10.1 Å². The van der Waals surface area contributed by atoms with Crippen molar-refractivity contribution in [1.29, 1.82) is 0 Å². The number of para-hydroxylation sites is 1. The highest BCUT2D eigenvalue weighted by Gasteiger charge is 2.16. The van der Waals surface area contributed by atoms with Gasteiger partial charge in [-0.1, -0.05) is 23.7 Å². The van der Waals surface area contributed by atoms with Gasteiger partial charge in [-0.2, -0.15) is 8.78 Å². The second-order valence-electron chi connectivity index (χ2n) is 5.51. The lowest BCUT2D eigenvalue weighted by Crippen LogP contribution is -2.13. The van der Waals surface area contributed by atoms with Crippen LogP contribution in [0.4, 0.5) is 18.9 Å². The van der Waals surface area contributed by atoms with Crippen molar-refractivity contribution in [2.45, 2.75) is 13.2 Å². The molecule has 1 heterocycles. The molecule has 0 spiro atoms. The molecule has 0 aliphatic rings.